The maximum atomic E-state index is 11.3. The topological polar surface area (TPSA) is 68.0 Å². The number of aryl methyl sites for hydroxylation is 2. The lowest BCUT2D eigenvalue weighted by atomic mass is 10.1. The molecule has 1 aromatic carbocycles. The van der Waals surface area contributed by atoms with E-state index in [0.29, 0.717) is 5.56 Å². The molecule has 2 rings (SSSR count). The van der Waals surface area contributed by atoms with E-state index < -0.39 is 0 Å². The Kier molecular flexibility index (Phi) is 4.76. The summed E-state index contributed by atoms with van der Waals surface area (Å²) < 4.78 is 0. The van der Waals surface area contributed by atoms with E-state index in [1.54, 1.807) is 24.0 Å². The number of carbonyl (C=O) groups is 1. The highest BCUT2D eigenvalue weighted by Gasteiger charge is 2.04. The number of rotatable bonds is 4. The lowest BCUT2D eigenvalue weighted by molar-refractivity contribution is 0.0953. The van der Waals surface area contributed by atoms with Crippen LogP contribution in [-0.2, 0) is 5.75 Å². The van der Waals surface area contributed by atoms with Gasteiger partial charge in [0.15, 0.2) is 0 Å². The number of nitrogens with one attached hydrogen (secondary N) is 1. The monoisotopic (exact) mass is 287 g/mol. The summed E-state index contributed by atoms with van der Waals surface area (Å²) in [7, 11) is 0. The number of amides is 1. The van der Waals surface area contributed by atoms with Gasteiger partial charge in [-0.25, -0.2) is 5.84 Å². The third kappa shape index (κ3) is 3.59. The van der Waals surface area contributed by atoms with Gasteiger partial charge in [-0.3, -0.25) is 15.2 Å². The van der Waals surface area contributed by atoms with Crippen molar-refractivity contribution in [2.24, 2.45) is 5.84 Å². The maximum absolute atomic E-state index is 11.3. The fraction of sp³-hybridized carbons (Fsp3) is 0.200. The number of benzene rings is 1. The summed E-state index contributed by atoms with van der Waals surface area (Å²) >= 11 is 1.73. The molecule has 1 aromatic heterocycles. The van der Waals surface area contributed by atoms with Gasteiger partial charge >= 0.3 is 0 Å². The van der Waals surface area contributed by atoms with E-state index in [1.165, 1.54) is 16.0 Å². The molecule has 2 aromatic rings. The molecule has 5 heteroatoms. The van der Waals surface area contributed by atoms with Crippen LogP contribution in [0.25, 0.3) is 0 Å². The van der Waals surface area contributed by atoms with Crippen LogP contribution in [0.4, 0.5) is 0 Å². The molecule has 20 heavy (non-hydrogen) atoms. The first-order valence-electron chi connectivity index (χ1n) is 6.26. The van der Waals surface area contributed by atoms with Gasteiger partial charge < -0.3 is 0 Å². The quantitative estimate of drug-likeness (QED) is 0.392. The lowest BCUT2D eigenvalue weighted by Crippen LogP contribution is -2.30. The summed E-state index contributed by atoms with van der Waals surface area (Å²) in [5, 5.41) is 0. The number of aromatic nitrogens is 1. The van der Waals surface area contributed by atoms with Crippen molar-refractivity contribution < 1.29 is 4.79 Å². The molecule has 0 aliphatic carbocycles. The summed E-state index contributed by atoms with van der Waals surface area (Å²) in [5.74, 6) is 5.51. The van der Waals surface area contributed by atoms with Gasteiger partial charge in [0, 0.05) is 16.8 Å². The number of thioether (sulfide) groups is 1. The van der Waals surface area contributed by atoms with Gasteiger partial charge in [-0.05, 0) is 49.2 Å². The van der Waals surface area contributed by atoms with Gasteiger partial charge in [0.1, 0.15) is 0 Å². The predicted octanol–water partition coefficient (Wildman–Crippen LogP) is 2.59. The van der Waals surface area contributed by atoms with Crippen molar-refractivity contribution in [1.82, 2.24) is 10.4 Å². The molecule has 0 bridgehead atoms. The first-order valence-corrected chi connectivity index (χ1v) is 7.24. The summed E-state index contributed by atoms with van der Waals surface area (Å²) in [4.78, 5) is 16.8. The molecule has 4 nitrogen and oxygen atoms in total. The molecule has 0 saturated carbocycles. The minimum Gasteiger partial charge on any atom is -0.290 e. The van der Waals surface area contributed by atoms with Gasteiger partial charge in [-0.15, -0.1) is 11.8 Å². The van der Waals surface area contributed by atoms with E-state index in [4.69, 9.17) is 5.84 Å². The average molecular weight is 287 g/mol. The minimum atomic E-state index is -0.328. The molecule has 0 unspecified atom stereocenters. The summed E-state index contributed by atoms with van der Waals surface area (Å²) in [6.45, 7) is 4.21. The van der Waals surface area contributed by atoms with Crippen molar-refractivity contribution in [3.63, 3.8) is 0 Å². The maximum Gasteiger partial charge on any atom is 0.266 e. The molecule has 0 aliphatic heterocycles. The van der Waals surface area contributed by atoms with Crippen LogP contribution in [0.15, 0.2) is 41.4 Å². The van der Waals surface area contributed by atoms with Crippen molar-refractivity contribution in [3.05, 3.63) is 58.9 Å². The van der Waals surface area contributed by atoms with Crippen molar-refractivity contribution in [2.75, 3.05) is 0 Å². The van der Waals surface area contributed by atoms with Gasteiger partial charge in [-0.1, -0.05) is 6.07 Å². The van der Waals surface area contributed by atoms with Crippen LogP contribution in [0.2, 0.25) is 0 Å². The van der Waals surface area contributed by atoms with Gasteiger partial charge in [0.05, 0.1) is 11.3 Å². The SMILES string of the molecule is Cc1ccc(SCc2ccc(C(=O)NN)cn2)cc1C. The Bertz CT molecular complexity index is 611. The number of nitrogen functional groups attached to an aromatic ring is 1. The smallest absolute Gasteiger partial charge is 0.266 e. The van der Waals surface area contributed by atoms with Crippen molar-refractivity contribution in [3.8, 4) is 0 Å². The number of hydrogen-bond donors (Lipinski definition) is 2. The fourth-order valence-corrected chi connectivity index (χ4v) is 2.60. The van der Waals surface area contributed by atoms with Crippen LogP contribution >= 0.6 is 11.8 Å². The van der Waals surface area contributed by atoms with Gasteiger partial charge in [0.2, 0.25) is 0 Å². The molecular formula is C15H17N3OS. The molecule has 1 heterocycles. The third-order valence-electron chi connectivity index (χ3n) is 3.08. The van der Waals surface area contributed by atoms with E-state index in [9.17, 15) is 4.79 Å². The number of hydrazine groups is 1. The Morgan fingerprint density at radius 3 is 2.65 bits per heavy atom. The Balaban J connectivity index is 2.00. The molecular weight excluding hydrogens is 270 g/mol. The first-order chi connectivity index (χ1) is 9.60. The van der Waals surface area contributed by atoms with Crippen molar-refractivity contribution >= 4 is 17.7 Å². The standard InChI is InChI=1S/C15H17N3OS/c1-10-3-6-14(7-11(10)2)20-9-13-5-4-12(8-17-13)15(19)18-16/h3-8H,9,16H2,1-2H3,(H,18,19). The number of hydrogen-bond acceptors (Lipinski definition) is 4. The van der Waals surface area contributed by atoms with Crippen LogP contribution in [-0.4, -0.2) is 10.9 Å². The van der Waals surface area contributed by atoms with Crippen molar-refractivity contribution in [2.45, 2.75) is 24.5 Å². The highest BCUT2D eigenvalue weighted by Crippen LogP contribution is 2.24. The normalized spacial score (nSPS) is 10.3. The largest absolute Gasteiger partial charge is 0.290 e. The van der Waals surface area contributed by atoms with E-state index >= 15 is 0 Å². The minimum absolute atomic E-state index is 0.328. The predicted molar refractivity (Wildman–Crippen MR) is 81.4 cm³/mol. The lowest BCUT2D eigenvalue weighted by Gasteiger charge is -2.05. The Hall–Kier alpha value is -1.85. The zero-order chi connectivity index (χ0) is 14.5. The van der Waals surface area contributed by atoms with Crippen LogP contribution in [0.3, 0.4) is 0 Å². The van der Waals surface area contributed by atoms with Crippen LogP contribution in [0.1, 0.15) is 27.2 Å². The molecule has 0 aliphatic rings. The Morgan fingerprint density at radius 2 is 2.05 bits per heavy atom. The van der Waals surface area contributed by atoms with Crippen LogP contribution in [0, 0.1) is 13.8 Å². The van der Waals surface area contributed by atoms with Gasteiger partial charge in [0.25, 0.3) is 5.91 Å². The zero-order valence-electron chi connectivity index (χ0n) is 11.5. The van der Waals surface area contributed by atoms with E-state index in [-0.39, 0.29) is 5.91 Å². The first kappa shape index (κ1) is 14.6. The van der Waals surface area contributed by atoms with Crippen LogP contribution < -0.4 is 11.3 Å². The highest BCUT2D eigenvalue weighted by atomic mass is 32.2. The van der Waals surface area contributed by atoms with E-state index in [2.05, 4.69) is 42.5 Å². The number of pyridine rings is 1. The molecule has 1 amide bonds. The molecule has 0 fully saturated rings. The van der Waals surface area contributed by atoms with E-state index in [1.807, 2.05) is 6.07 Å². The number of nitrogens with zero attached hydrogens (tertiary/aromatic N) is 1. The van der Waals surface area contributed by atoms with E-state index in [0.717, 1.165) is 11.4 Å². The number of carbonyl (C=O) groups excluding carboxylic acids is 1. The second-order valence-corrected chi connectivity index (χ2v) is 5.60. The summed E-state index contributed by atoms with van der Waals surface area (Å²) in [6.07, 6.45) is 1.54. The summed E-state index contributed by atoms with van der Waals surface area (Å²) in [5.41, 5.74) is 6.07. The molecule has 0 radical (unpaired) electrons. The molecule has 104 valence electrons. The van der Waals surface area contributed by atoms with Gasteiger partial charge in [-0.2, -0.15) is 0 Å². The van der Waals surface area contributed by atoms with Crippen molar-refractivity contribution in [1.29, 1.82) is 0 Å². The Labute approximate surface area is 122 Å². The van der Waals surface area contributed by atoms with Crippen LogP contribution in [0.5, 0.6) is 0 Å². The zero-order valence-corrected chi connectivity index (χ0v) is 12.3. The number of nitrogens with two attached hydrogens (primary N) is 1. The summed E-state index contributed by atoms with van der Waals surface area (Å²) in [6, 6.07) is 9.99. The third-order valence-corrected chi connectivity index (χ3v) is 4.11. The molecule has 0 saturated heterocycles. The average Bonchev–Trinajstić information content (AvgIpc) is 2.48. The second-order valence-electron chi connectivity index (χ2n) is 4.55. The molecule has 0 spiro atoms. The second kappa shape index (κ2) is 6.54. The highest BCUT2D eigenvalue weighted by molar-refractivity contribution is 7.98. The molecule has 3 N–H and O–H groups in total. The Morgan fingerprint density at radius 1 is 1.25 bits per heavy atom. The molecule has 0 atom stereocenters. The fourth-order valence-electron chi connectivity index (χ4n) is 1.69.